The molecule has 1 atom stereocenters. The summed E-state index contributed by atoms with van der Waals surface area (Å²) in [5.74, 6) is 0. The van der Waals surface area contributed by atoms with Gasteiger partial charge < -0.3 is 10.5 Å². The summed E-state index contributed by atoms with van der Waals surface area (Å²) in [6.07, 6.45) is 0. The van der Waals surface area contributed by atoms with E-state index >= 15 is 0 Å². The molecular formula is C12H16Cl2N2O. The monoisotopic (exact) mass is 274 g/mol. The first-order valence-electron chi connectivity index (χ1n) is 5.70. The molecule has 1 aromatic rings. The molecule has 1 aliphatic heterocycles. The molecule has 0 spiro atoms. The van der Waals surface area contributed by atoms with Crippen LogP contribution in [-0.4, -0.2) is 37.7 Å². The van der Waals surface area contributed by atoms with E-state index in [9.17, 15) is 0 Å². The summed E-state index contributed by atoms with van der Waals surface area (Å²) >= 11 is 12.3. The van der Waals surface area contributed by atoms with E-state index in [4.69, 9.17) is 33.7 Å². The minimum absolute atomic E-state index is 0.116. The van der Waals surface area contributed by atoms with E-state index in [1.807, 2.05) is 12.1 Å². The van der Waals surface area contributed by atoms with Crippen molar-refractivity contribution in [2.24, 2.45) is 5.73 Å². The molecule has 1 aromatic carbocycles. The molecule has 0 aromatic heterocycles. The molecule has 17 heavy (non-hydrogen) atoms. The first-order chi connectivity index (χ1) is 8.24. The van der Waals surface area contributed by atoms with E-state index in [1.54, 1.807) is 6.07 Å². The molecule has 1 fully saturated rings. The van der Waals surface area contributed by atoms with Crippen molar-refractivity contribution < 1.29 is 4.74 Å². The van der Waals surface area contributed by atoms with Crippen LogP contribution in [0.5, 0.6) is 0 Å². The number of hydrogen-bond donors (Lipinski definition) is 1. The summed E-state index contributed by atoms with van der Waals surface area (Å²) in [4.78, 5) is 2.29. The van der Waals surface area contributed by atoms with E-state index in [0.717, 1.165) is 31.9 Å². The Bertz CT molecular complexity index is 381. The van der Waals surface area contributed by atoms with Gasteiger partial charge in [0.05, 0.1) is 23.3 Å². The fourth-order valence-corrected chi connectivity index (χ4v) is 2.57. The fourth-order valence-electron chi connectivity index (χ4n) is 2.14. The quantitative estimate of drug-likeness (QED) is 0.920. The van der Waals surface area contributed by atoms with Gasteiger partial charge in [-0.05, 0) is 11.6 Å². The number of halogens is 2. The summed E-state index contributed by atoms with van der Waals surface area (Å²) in [5, 5.41) is 1.19. The van der Waals surface area contributed by atoms with Crippen molar-refractivity contribution in [2.75, 3.05) is 32.8 Å². The summed E-state index contributed by atoms with van der Waals surface area (Å²) in [5.41, 5.74) is 6.87. The largest absolute Gasteiger partial charge is 0.379 e. The van der Waals surface area contributed by atoms with E-state index < -0.39 is 0 Å². The molecule has 0 bridgehead atoms. The van der Waals surface area contributed by atoms with E-state index in [2.05, 4.69) is 4.90 Å². The Labute approximate surface area is 111 Å². The average molecular weight is 275 g/mol. The van der Waals surface area contributed by atoms with Crippen molar-refractivity contribution in [1.82, 2.24) is 4.90 Å². The minimum atomic E-state index is 0.116. The van der Waals surface area contributed by atoms with Gasteiger partial charge >= 0.3 is 0 Å². The molecule has 1 heterocycles. The molecule has 0 saturated carbocycles. The van der Waals surface area contributed by atoms with Gasteiger partial charge in [-0.1, -0.05) is 35.3 Å². The van der Waals surface area contributed by atoms with Crippen molar-refractivity contribution in [3.05, 3.63) is 33.8 Å². The number of ether oxygens (including phenoxy) is 1. The Morgan fingerprint density at radius 1 is 1.29 bits per heavy atom. The van der Waals surface area contributed by atoms with Crippen LogP contribution in [0, 0.1) is 0 Å². The van der Waals surface area contributed by atoms with E-state index in [0.29, 0.717) is 16.6 Å². The van der Waals surface area contributed by atoms with E-state index in [1.165, 1.54) is 0 Å². The van der Waals surface area contributed by atoms with Gasteiger partial charge in [0.25, 0.3) is 0 Å². The third kappa shape index (κ3) is 2.92. The number of nitrogens with two attached hydrogens (primary N) is 1. The zero-order valence-corrected chi connectivity index (χ0v) is 11.0. The molecule has 3 nitrogen and oxygen atoms in total. The van der Waals surface area contributed by atoms with Crippen molar-refractivity contribution in [1.29, 1.82) is 0 Å². The lowest BCUT2D eigenvalue weighted by Crippen LogP contribution is -2.41. The third-order valence-corrected chi connectivity index (χ3v) is 3.88. The highest BCUT2D eigenvalue weighted by Gasteiger charge is 2.23. The lowest BCUT2D eigenvalue weighted by Gasteiger charge is -2.34. The second-order valence-corrected chi connectivity index (χ2v) is 4.83. The topological polar surface area (TPSA) is 38.5 Å². The Balaban J connectivity index is 2.24. The smallest absolute Gasteiger partial charge is 0.0640 e. The first-order valence-corrected chi connectivity index (χ1v) is 6.45. The zero-order chi connectivity index (χ0) is 12.3. The number of nitrogens with zero attached hydrogens (tertiary/aromatic N) is 1. The van der Waals surface area contributed by atoms with Crippen molar-refractivity contribution in [2.45, 2.75) is 6.04 Å². The van der Waals surface area contributed by atoms with Crippen LogP contribution in [0.1, 0.15) is 11.6 Å². The molecule has 1 aliphatic rings. The molecule has 2 N–H and O–H groups in total. The molecule has 5 heteroatoms. The Kier molecular flexibility index (Phi) is 4.65. The SMILES string of the molecule is NC[C@H](c1cccc(Cl)c1Cl)N1CCOCC1. The minimum Gasteiger partial charge on any atom is -0.379 e. The average Bonchev–Trinajstić information content (AvgIpc) is 2.37. The zero-order valence-electron chi connectivity index (χ0n) is 9.53. The van der Waals surface area contributed by atoms with Gasteiger partial charge in [-0.2, -0.15) is 0 Å². The van der Waals surface area contributed by atoms with Gasteiger partial charge in [-0.25, -0.2) is 0 Å². The van der Waals surface area contributed by atoms with Crippen LogP contribution in [0.2, 0.25) is 10.0 Å². The molecule has 1 saturated heterocycles. The Hall–Kier alpha value is -0.320. The third-order valence-electron chi connectivity index (χ3n) is 3.05. The molecule has 0 radical (unpaired) electrons. The lowest BCUT2D eigenvalue weighted by molar-refractivity contribution is 0.0179. The highest BCUT2D eigenvalue weighted by Crippen LogP contribution is 2.32. The standard InChI is InChI=1S/C12H16Cl2N2O/c13-10-3-1-2-9(12(10)14)11(8-15)16-4-6-17-7-5-16/h1-3,11H,4-8,15H2/t11-/m1/s1. The molecule has 0 aliphatic carbocycles. The normalized spacial score (nSPS) is 19.2. The van der Waals surface area contributed by atoms with Crippen LogP contribution in [0.25, 0.3) is 0 Å². The van der Waals surface area contributed by atoms with Gasteiger partial charge in [-0.3, -0.25) is 4.90 Å². The van der Waals surface area contributed by atoms with Gasteiger partial charge in [0.15, 0.2) is 0 Å². The highest BCUT2D eigenvalue weighted by atomic mass is 35.5. The number of benzene rings is 1. The maximum absolute atomic E-state index is 6.24. The fraction of sp³-hybridized carbons (Fsp3) is 0.500. The summed E-state index contributed by atoms with van der Waals surface area (Å²) in [6, 6.07) is 5.80. The van der Waals surface area contributed by atoms with Crippen molar-refractivity contribution in [3.63, 3.8) is 0 Å². The van der Waals surface area contributed by atoms with Crippen molar-refractivity contribution in [3.8, 4) is 0 Å². The second kappa shape index (κ2) is 6.03. The van der Waals surface area contributed by atoms with E-state index in [-0.39, 0.29) is 6.04 Å². The first kappa shape index (κ1) is 13.1. The number of rotatable bonds is 3. The Morgan fingerprint density at radius 3 is 2.65 bits per heavy atom. The van der Waals surface area contributed by atoms with Crippen LogP contribution >= 0.6 is 23.2 Å². The lowest BCUT2D eigenvalue weighted by atomic mass is 10.0. The molecule has 0 amide bonds. The van der Waals surface area contributed by atoms with Gasteiger partial charge in [0.2, 0.25) is 0 Å². The Morgan fingerprint density at radius 2 is 2.00 bits per heavy atom. The van der Waals surface area contributed by atoms with Crippen LogP contribution in [0.4, 0.5) is 0 Å². The number of morpholine rings is 1. The maximum atomic E-state index is 6.24. The summed E-state index contributed by atoms with van der Waals surface area (Å²) < 4.78 is 5.34. The molecule has 94 valence electrons. The number of hydrogen-bond acceptors (Lipinski definition) is 3. The predicted molar refractivity (Wildman–Crippen MR) is 70.6 cm³/mol. The van der Waals surface area contributed by atoms with Crippen LogP contribution in [0.3, 0.4) is 0 Å². The molecular weight excluding hydrogens is 259 g/mol. The van der Waals surface area contributed by atoms with Crippen molar-refractivity contribution >= 4 is 23.2 Å². The molecule has 0 unspecified atom stereocenters. The maximum Gasteiger partial charge on any atom is 0.0640 e. The van der Waals surface area contributed by atoms with Gasteiger partial charge in [0.1, 0.15) is 0 Å². The van der Waals surface area contributed by atoms with Crippen LogP contribution in [-0.2, 0) is 4.74 Å². The van der Waals surface area contributed by atoms with Gasteiger partial charge in [-0.15, -0.1) is 0 Å². The summed E-state index contributed by atoms with van der Waals surface area (Å²) in [7, 11) is 0. The highest BCUT2D eigenvalue weighted by molar-refractivity contribution is 6.42. The molecule has 2 rings (SSSR count). The summed E-state index contributed by atoms with van der Waals surface area (Å²) in [6.45, 7) is 3.78. The van der Waals surface area contributed by atoms with Gasteiger partial charge in [0, 0.05) is 25.7 Å². The van der Waals surface area contributed by atoms with Crippen LogP contribution < -0.4 is 5.73 Å². The second-order valence-electron chi connectivity index (χ2n) is 4.04. The van der Waals surface area contributed by atoms with Crippen LogP contribution in [0.15, 0.2) is 18.2 Å². The predicted octanol–water partition coefficient (Wildman–Crippen LogP) is 2.33.